The molecule has 0 saturated heterocycles. The van der Waals surface area contributed by atoms with E-state index in [4.69, 9.17) is 10.5 Å². The van der Waals surface area contributed by atoms with E-state index < -0.39 is 0 Å². The van der Waals surface area contributed by atoms with Gasteiger partial charge in [-0.2, -0.15) is 0 Å². The van der Waals surface area contributed by atoms with Gasteiger partial charge in [0.1, 0.15) is 0 Å². The van der Waals surface area contributed by atoms with E-state index in [1.54, 1.807) is 12.5 Å². The molecule has 0 aliphatic carbocycles. The first-order valence-electron chi connectivity index (χ1n) is 5.10. The lowest BCUT2D eigenvalue weighted by molar-refractivity contribution is -0.121. The summed E-state index contributed by atoms with van der Waals surface area (Å²) in [5.41, 5.74) is 6.20. The highest BCUT2D eigenvalue weighted by molar-refractivity contribution is 7.13. The maximum atomic E-state index is 11.6. The number of carbonyl (C=O) groups is 1. The number of carbonyl (C=O) groups excluding carboxylic acids is 1. The second-order valence-electron chi connectivity index (χ2n) is 3.60. The van der Waals surface area contributed by atoms with Crippen LogP contribution in [0.15, 0.2) is 5.38 Å². The fourth-order valence-electron chi connectivity index (χ4n) is 1.26. The average molecular weight is 243 g/mol. The lowest BCUT2D eigenvalue weighted by atomic mass is 10.2. The zero-order chi connectivity index (χ0) is 12.0. The van der Waals surface area contributed by atoms with Gasteiger partial charge in [0.05, 0.1) is 12.1 Å². The Balaban J connectivity index is 2.30. The number of nitrogens with one attached hydrogen (secondary N) is 1. The minimum Gasteiger partial charge on any atom is -0.385 e. The van der Waals surface area contributed by atoms with Crippen LogP contribution in [0.25, 0.3) is 0 Å². The van der Waals surface area contributed by atoms with Crippen LogP contribution in [-0.2, 0) is 16.0 Å². The van der Waals surface area contributed by atoms with Crippen molar-refractivity contribution in [3.63, 3.8) is 0 Å². The summed E-state index contributed by atoms with van der Waals surface area (Å²) in [4.78, 5) is 15.6. The van der Waals surface area contributed by atoms with Gasteiger partial charge in [-0.15, -0.1) is 11.3 Å². The summed E-state index contributed by atoms with van der Waals surface area (Å²) in [5, 5.41) is 5.17. The van der Waals surface area contributed by atoms with Gasteiger partial charge in [0.15, 0.2) is 5.13 Å². The second kappa shape index (κ2) is 6.44. The van der Waals surface area contributed by atoms with Crippen LogP contribution in [0.2, 0.25) is 0 Å². The molecule has 0 radical (unpaired) electrons. The monoisotopic (exact) mass is 243 g/mol. The van der Waals surface area contributed by atoms with Crippen molar-refractivity contribution in [3.8, 4) is 0 Å². The third-order valence-electron chi connectivity index (χ3n) is 2.07. The lowest BCUT2D eigenvalue weighted by Crippen LogP contribution is -2.34. The molecule has 1 rings (SSSR count). The predicted molar refractivity (Wildman–Crippen MR) is 64.3 cm³/mol. The molecule has 0 aliphatic rings. The third-order valence-corrected chi connectivity index (χ3v) is 2.80. The molecule has 0 aliphatic heterocycles. The Kier molecular flexibility index (Phi) is 5.21. The number of aromatic nitrogens is 1. The molecule has 90 valence electrons. The first-order valence-corrected chi connectivity index (χ1v) is 5.98. The summed E-state index contributed by atoms with van der Waals surface area (Å²) in [6.45, 7) is 2.59. The minimum absolute atomic E-state index is 0.0334. The molecule has 1 heterocycles. The van der Waals surface area contributed by atoms with Gasteiger partial charge in [0.2, 0.25) is 5.91 Å². The molecule has 0 fully saturated rings. The van der Waals surface area contributed by atoms with E-state index in [1.807, 2.05) is 6.92 Å². The van der Waals surface area contributed by atoms with Crippen molar-refractivity contribution in [2.75, 3.05) is 19.5 Å². The minimum atomic E-state index is -0.0334. The van der Waals surface area contributed by atoms with Crippen LogP contribution in [0.5, 0.6) is 0 Å². The Morgan fingerprint density at radius 3 is 3.06 bits per heavy atom. The molecule has 1 aromatic heterocycles. The van der Waals surface area contributed by atoms with Crippen molar-refractivity contribution in [1.29, 1.82) is 0 Å². The van der Waals surface area contributed by atoms with Crippen LogP contribution in [0.1, 0.15) is 19.0 Å². The molecule has 0 spiro atoms. The van der Waals surface area contributed by atoms with E-state index in [2.05, 4.69) is 10.3 Å². The van der Waals surface area contributed by atoms with Crippen molar-refractivity contribution in [1.82, 2.24) is 10.3 Å². The van der Waals surface area contributed by atoms with Gasteiger partial charge in [0, 0.05) is 25.1 Å². The zero-order valence-corrected chi connectivity index (χ0v) is 10.3. The Labute approximate surface area is 99.0 Å². The molecular weight excluding hydrogens is 226 g/mol. The van der Waals surface area contributed by atoms with E-state index in [0.717, 1.165) is 12.1 Å². The van der Waals surface area contributed by atoms with Crippen LogP contribution >= 0.6 is 11.3 Å². The molecule has 0 saturated carbocycles. The Bertz CT molecular complexity index is 341. The van der Waals surface area contributed by atoms with E-state index >= 15 is 0 Å². The van der Waals surface area contributed by atoms with Crippen LogP contribution in [0, 0.1) is 0 Å². The number of nitrogens with zero attached hydrogens (tertiary/aromatic N) is 1. The molecule has 16 heavy (non-hydrogen) atoms. The Morgan fingerprint density at radius 2 is 2.50 bits per heavy atom. The number of thiazole rings is 1. The summed E-state index contributed by atoms with van der Waals surface area (Å²) in [5.74, 6) is -0.0334. The average Bonchev–Trinajstić information content (AvgIpc) is 2.60. The van der Waals surface area contributed by atoms with Gasteiger partial charge in [0.25, 0.3) is 0 Å². The number of hydrogen-bond donors (Lipinski definition) is 2. The fourth-order valence-corrected chi connectivity index (χ4v) is 1.82. The van der Waals surface area contributed by atoms with Gasteiger partial charge in [-0.1, -0.05) is 0 Å². The molecule has 0 aromatic carbocycles. The number of rotatable bonds is 6. The number of amides is 1. The normalized spacial score (nSPS) is 12.4. The van der Waals surface area contributed by atoms with Crippen LogP contribution in [-0.4, -0.2) is 30.6 Å². The van der Waals surface area contributed by atoms with E-state index in [1.165, 1.54) is 11.3 Å². The molecule has 0 bridgehead atoms. The Morgan fingerprint density at radius 1 is 1.75 bits per heavy atom. The van der Waals surface area contributed by atoms with E-state index in [9.17, 15) is 4.79 Å². The fraction of sp³-hybridized carbons (Fsp3) is 0.600. The number of nitrogen functional groups attached to an aromatic ring is 1. The molecule has 5 nitrogen and oxygen atoms in total. The summed E-state index contributed by atoms with van der Waals surface area (Å²) in [6, 6.07) is 0.114. The molecule has 1 aromatic rings. The first kappa shape index (κ1) is 12.9. The quantitative estimate of drug-likeness (QED) is 0.775. The van der Waals surface area contributed by atoms with Gasteiger partial charge in [-0.25, -0.2) is 4.98 Å². The lowest BCUT2D eigenvalue weighted by Gasteiger charge is -2.12. The van der Waals surface area contributed by atoms with Crippen molar-refractivity contribution in [2.24, 2.45) is 0 Å². The SMILES string of the molecule is COCCC(C)NC(=O)Cc1csc(N)n1. The van der Waals surface area contributed by atoms with Gasteiger partial charge >= 0.3 is 0 Å². The van der Waals surface area contributed by atoms with Crippen molar-refractivity contribution in [3.05, 3.63) is 11.1 Å². The summed E-state index contributed by atoms with van der Waals surface area (Å²) < 4.78 is 4.94. The summed E-state index contributed by atoms with van der Waals surface area (Å²) in [7, 11) is 1.65. The van der Waals surface area contributed by atoms with E-state index in [-0.39, 0.29) is 18.4 Å². The van der Waals surface area contributed by atoms with Crippen LogP contribution < -0.4 is 11.1 Å². The largest absolute Gasteiger partial charge is 0.385 e. The maximum Gasteiger partial charge on any atom is 0.226 e. The van der Waals surface area contributed by atoms with Gasteiger partial charge in [-0.3, -0.25) is 4.79 Å². The smallest absolute Gasteiger partial charge is 0.226 e. The Hall–Kier alpha value is -1.14. The van der Waals surface area contributed by atoms with Crippen molar-refractivity contribution < 1.29 is 9.53 Å². The highest BCUT2D eigenvalue weighted by Gasteiger charge is 2.09. The maximum absolute atomic E-state index is 11.6. The molecule has 1 atom stereocenters. The van der Waals surface area contributed by atoms with Crippen LogP contribution in [0.3, 0.4) is 0 Å². The number of hydrogen-bond acceptors (Lipinski definition) is 5. The van der Waals surface area contributed by atoms with E-state index in [0.29, 0.717) is 11.7 Å². The zero-order valence-electron chi connectivity index (χ0n) is 9.53. The third kappa shape index (κ3) is 4.59. The molecule has 1 amide bonds. The number of anilines is 1. The highest BCUT2D eigenvalue weighted by Crippen LogP contribution is 2.11. The molecular formula is C10H17N3O2S. The molecule has 6 heteroatoms. The van der Waals surface area contributed by atoms with Crippen molar-refractivity contribution >= 4 is 22.4 Å². The second-order valence-corrected chi connectivity index (χ2v) is 4.49. The summed E-state index contributed by atoms with van der Waals surface area (Å²) >= 11 is 1.35. The van der Waals surface area contributed by atoms with Crippen molar-refractivity contribution in [2.45, 2.75) is 25.8 Å². The van der Waals surface area contributed by atoms with Gasteiger partial charge < -0.3 is 15.8 Å². The highest BCUT2D eigenvalue weighted by atomic mass is 32.1. The standard InChI is InChI=1S/C10H17N3O2S/c1-7(3-4-15-2)12-9(14)5-8-6-16-10(11)13-8/h6-7H,3-5H2,1-2H3,(H2,11,13)(H,12,14). The molecule has 3 N–H and O–H groups in total. The van der Waals surface area contributed by atoms with Crippen LogP contribution in [0.4, 0.5) is 5.13 Å². The number of nitrogens with two attached hydrogens (primary N) is 1. The predicted octanol–water partition coefficient (Wildman–Crippen LogP) is 0.809. The number of ether oxygens (including phenoxy) is 1. The van der Waals surface area contributed by atoms with Gasteiger partial charge in [-0.05, 0) is 13.3 Å². The number of methoxy groups -OCH3 is 1. The summed E-state index contributed by atoms with van der Waals surface area (Å²) in [6.07, 6.45) is 1.09. The first-order chi connectivity index (χ1) is 7.61. The topological polar surface area (TPSA) is 77.2 Å². The molecule has 1 unspecified atom stereocenters.